The molecule has 0 atom stereocenters. The van der Waals surface area contributed by atoms with Crippen molar-refractivity contribution in [1.29, 1.82) is 5.26 Å². The molecule has 2 rings (SSSR count). The Labute approximate surface area is 122 Å². The topological polar surface area (TPSA) is 39.1 Å². The first-order chi connectivity index (χ1) is 9.58. The predicted molar refractivity (Wildman–Crippen MR) is 82.3 cm³/mol. The smallest absolute Gasteiger partial charge is 0.106 e. The van der Waals surface area contributed by atoms with Gasteiger partial charge in [-0.15, -0.1) is 0 Å². The molecule has 1 aliphatic rings. The maximum atomic E-state index is 9.53. The molecule has 3 nitrogen and oxygen atoms in total. The number of nitriles is 1. The van der Waals surface area contributed by atoms with Crippen molar-refractivity contribution in [3.8, 4) is 6.07 Å². The quantitative estimate of drug-likeness (QED) is 0.915. The van der Waals surface area contributed by atoms with E-state index in [1.54, 1.807) is 0 Å². The molecule has 0 heterocycles. The van der Waals surface area contributed by atoms with Gasteiger partial charge in [0.25, 0.3) is 0 Å². The van der Waals surface area contributed by atoms with Crippen LogP contribution >= 0.6 is 0 Å². The highest BCUT2D eigenvalue weighted by molar-refractivity contribution is 5.27. The van der Waals surface area contributed by atoms with Crippen LogP contribution in [0.3, 0.4) is 0 Å². The summed E-state index contributed by atoms with van der Waals surface area (Å²) in [6.07, 6.45) is 3.85. The molecule has 20 heavy (non-hydrogen) atoms. The summed E-state index contributed by atoms with van der Waals surface area (Å²) in [5.74, 6) is 0. The molecule has 1 saturated carbocycles. The second-order valence-corrected chi connectivity index (χ2v) is 6.02. The molecular formula is C17H25N3. The van der Waals surface area contributed by atoms with Gasteiger partial charge in [-0.25, -0.2) is 0 Å². The van der Waals surface area contributed by atoms with Crippen molar-refractivity contribution >= 4 is 0 Å². The van der Waals surface area contributed by atoms with Crippen LogP contribution < -0.4 is 5.32 Å². The van der Waals surface area contributed by atoms with Crippen molar-refractivity contribution in [2.75, 3.05) is 20.6 Å². The van der Waals surface area contributed by atoms with Crippen LogP contribution in [0.1, 0.15) is 38.2 Å². The zero-order valence-electron chi connectivity index (χ0n) is 12.8. The van der Waals surface area contributed by atoms with E-state index in [2.05, 4.69) is 67.6 Å². The zero-order valence-corrected chi connectivity index (χ0v) is 12.8. The highest BCUT2D eigenvalue weighted by Crippen LogP contribution is 2.44. The summed E-state index contributed by atoms with van der Waals surface area (Å²) < 4.78 is 0. The van der Waals surface area contributed by atoms with E-state index in [9.17, 15) is 5.26 Å². The Bertz CT molecular complexity index is 465. The van der Waals surface area contributed by atoms with Crippen molar-refractivity contribution in [2.45, 2.75) is 43.7 Å². The second-order valence-electron chi connectivity index (χ2n) is 6.02. The molecule has 108 valence electrons. The lowest BCUT2D eigenvalue weighted by molar-refractivity contribution is 0.0710. The Hall–Kier alpha value is -1.37. The highest BCUT2D eigenvalue weighted by Gasteiger charge is 2.44. The SMILES string of the molecule is CCNC1(C#N)CCC(c2ccccc2)(N(C)C)CC1. The largest absolute Gasteiger partial charge is 0.300 e. The van der Waals surface area contributed by atoms with Crippen molar-refractivity contribution < 1.29 is 0 Å². The first-order valence-electron chi connectivity index (χ1n) is 7.48. The van der Waals surface area contributed by atoms with Crippen molar-refractivity contribution in [3.63, 3.8) is 0 Å². The summed E-state index contributed by atoms with van der Waals surface area (Å²) in [4.78, 5) is 2.33. The lowest BCUT2D eigenvalue weighted by atomic mass is 9.69. The fraction of sp³-hybridized carbons (Fsp3) is 0.588. The third kappa shape index (κ3) is 2.59. The van der Waals surface area contributed by atoms with Gasteiger partial charge in [0.05, 0.1) is 6.07 Å². The van der Waals surface area contributed by atoms with Crippen molar-refractivity contribution in [3.05, 3.63) is 35.9 Å². The molecule has 0 aromatic heterocycles. The van der Waals surface area contributed by atoms with E-state index < -0.39 is 0 Å². The maximum Gasteiger partial charge on any atom is 0.106 e. The molecule has 0 aliphatic heterocycles. The Balaban J connectivity index is 2.26. The Morgan fingerprint density at radius 2 is 1.75 bits per heavy atom. The molecule has 1 aromatic rings. The van der Waals surface area contributed by atoms with Crippen LogP contribution in [-0.2, 0) is 5.54 Å². The minimum atomic E-state index is -0.330. The van der Waals surface area contributed by atoms with Crippen LogP contribution in [0.2, 0.25) is 0 Å². The van der Waals surface area contributed by atoms with Gasteiger partial charge in [0, 0.05) is 5.54 Å². The van der Waals surface area contributed by atoms with E-state index in [1.165, 1.54) is 5.56 Å². The average Bonchev–Trinajstić information content (AvgIpc) is 2.49. The van der Waals surface area contributed by atoms with Gasteiger partial charge < -0.3 is 0 Å². The summed E-state index contributed by atoms with van der Waals surface area (Å²) in [5, 5.41) is 12.9. The lowest BCUT2D eigenvalue weighted by Gasteiger charge is -2.48. The molecule has 1 N–H and O–H groups in total. The summed E-state index contributed by atoms with van der Waals surface area (Å²) in [6.45, 7) is 2.93. The molecule has 0 amide bonds. The summed E-state index contributed by atoms with van der Waals surface area (Å²) in [7, 11) is 4.30. The molecular weight excluding hydrogens is 246 g/mol. The molecule has 0 saturated heterocycles. The number of hydrogen-bond acceptors (Lipinski definition) is 3. The number of benzene rings is 1. The number of rotatable bonds is 4. The van der Waals surface area contributed by atoms with Crippen LogP contribution in [0.4, 0.5) is 0 Å². The first-order valence-corrected chi connectivity index (χ1v) is 7.48. The van der Waals surface area contributed by atoms with E-state index in [0.717, 1.165) is 32.2 Å². The van der Waals surface area contributed by atoms with Crippen molar-refractivity contribution in [2.24, 2.45) is 0 Å². The van der Waals surface area contributed by atoms with E-state index >= 15 is 0 Å². The van der Waals surface area contributed by atoms with Gasteiger partial charge in [0.2, 0.25) is 0 Å². The molecule has 3 heteroatoms. The van der Waals surface area contributed by atoms with Gasteiger partial charge in [0.15, 0.2) is 0 Å². The number of nitrogens with one attached hydrogen (secondary N) is 1. The van der Waals surface area contributed by atoms with Gasteiger partial charge in [-0.05, 0) is 51.9 Å². The number of nitrogens with zero attached hydrogens (tertiary/aromatic N) is 2. The first kappa shape index (κ1) is 15.0. The lowest BCUT2D eigenvalue weighted by Crippen LogP contribution is -2.53. The van der Waals surface area contributed by atoms with E-state index in [1.807, 2.05) is 0 Å². The standard InChI is InChI=1S/C17H25N3/c1-4-19-16(14-18)10-12-17(13-11-16,20(2)3)15-8-6-5-7-9-15/h5-9,19H,4,10-13H2,1-3H3. The Kier molecular flexibility index (Phi) is 4.47. The molecule has 1 fully saturated rings. The predicted octanol–water partition coefficient (Wildman–Crippen LogP) is 2.89. The van der Waals surface area contributed by atoms with Gasteiger partial charge in [-0.3, -0.25) is 10.2 Å². The van der Waals surface area contributed by atoms with E-state index in [4.69, 9.17) is 0 Å². The Morgan fingerprint density at radius 1 is 1.15 bits per heavy atom. The zero-order chi connectivity index (χ0) is 14.6. The normalized spacial score (nSPS) is 30.1. The van der Waals surface area contributed by atoms with Gasteiger partial charge in [0.1, 0.15) is 5.54 Å². The summed E-state index contributed by atoms with van der Waals surface area (Å²) in [5.41, 5.74) is 1.10. The molecule has 1 aromatic carbocycles. The minimum Gasteiger partial charge on any atom is -0.300 e. The van der Waals surface area contributed by atoms with Crippen LogP contribution in [0.25, 0.3) is 0 Å². The highest BCUT2D eigenvalue weighted by atomic mass is 15.2. The number of hydrogen-bond donors (Lipinski definition) is 1. The van der Waals surface area contributed by atoms with E-state index in [-0.39, 0.29) is 11.1 Å². The monoisotopic (exact) mass is 271 g/mol. The summed E-state index contributed by atoms with van der Waals surface area (Å²) >= 11 is 0. The molecule has 0 unspecified atom stereocenters. The van der Waals surface area contributed by atoms with Gasteiger partial charge >= 0.3 is 0 Å². The van der Waals surface area contributed by atoms with Crippen LogP contribution in [0.15, 0.2) is 30.3 Å². The Morgan fingerprint density at radius 3 is 2.20 bits per heavy atom. The third-order valence-electron chi connectivity index (χ3n) is 4.83. The van der Waals surface area contributed by atoms with Crippen LogP contribution in [0.5, 0.6) is 0 Å². The second kappa shape index (κ2) is 5.95. The van der Waals surface area contributed by atoms with Crippen LogP contribution in [-0.4, -0.2) is 31.1 Å². The third-order valence-corrected chi connectivity index (χ3v) is 4.83. The van der Waals surface area contributed by atoms with E-state index in [0.29, 0.717) is 0 Å². The molecule has 0 spiro atoms. The summed E-state index contributed by atoms with van der Waals surface area (Å²) in [6, 6.07) is 13.2. The maximum absolute atomic E-state index is 9.53. The minimum absolute atomic E-state index is 0.0665. The molecule has 1 aliphatic carbocycles. The fourth-order valence-electron chi connectivity index (χ4n) is 3.50. The average molecular weight is 271 g/mol. The molecule has 0 radical (unpaired) electrons. The molecule has 0 bridgehead atoms. The fourth-order valence-corrected chi connectivity index (χ4v) is 3.50. The van der Waals surface area contributed by atoms with Crippen LogP contribution in [0, 0.1) is 11.3 Å². The van der Waals surface area contributed by atoms with Crippen molar-refractivity contribution in [1.82, 2.24) is 10.2 Å². The van der Waals surface area contributed by atoms with Gasteiger partial charge in [-0.1, -0.05) is 37.3 Å². The van der Waals surface area contributed by atoms with Gasteiger partial charge in [-0.2, -0.15) is 5.26 Å².